The van der Waals surface area contributed by atoms with Crippen LogP contribution in [0, 0.1) is 5.82 Å². The minimum atomic E-state index is -0.415. The zero-order chi connectivity index (χ0) is 21.2. The van der Waals surface area contributed by atoms with E-state index in [9.17, 15) is 4.39 Å². The van der Waals surface area contributed by atoms with E-state index in [0.29, 0.717) is 28.6 Å². The highest BCUT2D eigenvalue weighted by Crippen LogP contribution is 2.34. The molecule has 5 rings (SSSR count). The second-order valence-electron chi connectivity index (χ2n) is 6.78. The van der Waals surface area contributed by atoms with Gasteiger partial charge in [-0.3, -0.25) is 5.10 Å². The van der Waals surface area contributed by atoms with Gasteiger partial charge >= 0.3 is 0 Å². The van der Waals surface area contributed by atoms with Crippen LogP contribution >= 0.6 is 0 Å². The maximum absolute atomic E-state index is 14.7. The van der Waals surface area contributed by atoms with Gasteiger partial charge in [0.05, 0.1) is 12.8 Å². The van der Waals surface area contributed by atoms with E-state index < -0.39 is 5.82 Å². The molecule has 8 heteroatoms. The number of rotatable bonds is 5. The van der Waals surface area contributed by atoms with Crippen molar-refractivity contribution in [2.45, 2.75) is 0 Å². The number of nitrogens with one attached hydrogen (secondary N) is 2. The SMILES string of the molecule is COc1ccccc1-c1n[nH]c2ncc(-c3ccc(Nc4ncccn4)c(F)c3)cc12. The van der Waals surface area contributed by atoms with Crippen LogP contribution in [0.3, 0.4) is 0 Å². The Kier molecular flexibility index (Phi) is 4.72. The van der Waals surface area contributed by atoms with Crippen LogP contribution in [-0.4, -0.2) is 32.3 Å². The Hall–Kier alpha value is -4.33. The van der Waals surface area contributed by atoms with Crippen LogP contribution in [-0.2, 0) is 0 Å². The summed E-state index contributed by atoms with van der Waals surface area (Å²) in [5.41, 5.74) is 3.97. The molecule has 0 radical (unpaired) electrons. The van der Waals surface area contributed by atoms with E-state index in [1.807, 2.05) is 36.4 Å². The van der Waals surface area contributed by atoms with Gasteiger partial charge in [-0.05, 0) is 42.0 Å². The average molecular weight is 412 g/mol. The monoisotopic (exact) mass is 412 g/mol. The summed E-state index contributed by atoms with van der Waals surface area (Å²) in [6.45, 7) is 0. The number of methoxy groups -OCH3 is 1. The number of ether oxygens (including phenoxy) is 1. The highest BCUT2D eigenvalue weighted by molar-refractivity contribution is 5.94. The lowest BCUT2D eigenvalue weighted by atomic mass is 10.0. The van der Waals surface area contributed by atoms with Crippen LogP contribution < -0.4 is 10.1 Å². The standard InChI is InChI=1S/C23H17FN6O/c1-31-20-6-3-2-5-16(20)21-17-11-15(13-27-22(17)30-29-21)14-7-8-19(18(24)12-14)28-23-25-9-4-10-26-23/h2-13H,1H3,(H,25,26,28)(H,27,29,30). The highest BCUT2D eigenvalue weighted by atomic mass is 19.1. The van der Waals surface area contributed by atoms with Crippen LogP contribution in [0.4, 0.5) is 16.0 Å². The molecule has 31 heavy (non-hydrogen) atoms. The molecular formula is C23H17FN6O. The number of H-pyrrole nitrogens is 1. The highest BCUT2D eigenvalue weighted by Gasteiger charge is 2.15. The van der Waals surface area contributed by atoms with Gasteiger partial charge in [-0.15, -0.1) is 0 Å². The van der Waals surface area contributed by atoms with Gasteiger partial charge in [0.25, 0.3) is 0 Å². The number of benzene rings is 2. The maximum Gasteiger partial charge on any atom is 0.227 e. The third-order valence-electron chi connectivity index (χ3n) is 4.89. The van der Waals surface area contributed by atoms with E-state index in [-0.39, 0.29) is 0 Å². The summed E-state index contributed by atoms with van der Waals surface area (Å²) >= 11 is 0. The van der Waals surface area contributed by atoms with Crippen molar-refractivity contribution >= 4 is 22.7 Å². The Bertz CT molecular complexity index is 1370. The van der Waals surface area contributed by atoms with Crippen molar-refractivity contribution in [3.05, 3.63) is 79.0 Å². The van der Waals surface area contributed by atoms with E-state index in [1.54, 1.807) is 37.8 Å². The number of nitrogens with zero attached hydrogens (tertiary/aromatic N) is 4. The smallest absolute Gasteiger partial charge is 0.227 e. The summed E-state index contributed by atoms with van der Waals surface area (Å²) in [7, 11) is 1.62. The summed E-state index contributed by atoms with van der Waals surface area (Å²) in [5, 5.41) is 11.1. The molecule has 3 aromatic heterocycles. The molecule has 0 atom stereocenters. The van der Waals surface area contributed by atoms with E-state index in [0.717, 1.165) is 22.2 Å². The van der Waals surface area contributed by atoms with Crippen molar-refractivity contribution in [2.24, 2.45) is 0 Å². The summed E-state index contributed by atoms with van der Waals surface area (Å²) in [5.74, 6) is 0.630. The molecule has 0 spiro atoms. The average Bonchev–Trinajstić information content (AvgIpc) is 3.24. The maximum atomic E-state index is 14.7. The predicted molar refractivity (Wildman–Crippen MR) is 117 cm³/mol. The zero-order valence-corrected chi connectivity index (χ0v) is 16.5. The van der Waals surface area contributed by atoms with Gasteiger partial charge in [0, 0.05) is 35.1 Å². The first kappa shape index (κ1) is 18.7. The van der Waals surface area contributed by atoms with Gasteiger partial charge in [-0.2, -0.15) is 5.10 Å². The van der Waals surface area contributed by atoms with Crippen LogP contribution in [0.2, 0.25) is 0 Å². The van der Waals surface area contributed by atoms with Crippen molar-refractivity contribution in [3.8, 4) is 28.1 Å². The second kappa shape index (κ2) is 7.83. The second-order valence-corrected chi connectivity index (χ2v) is 6.78. The molecule has 0 fully saturated rings. The van der Waals surface area contributed by atoms with Gasteiger partial charge in [0.2, 0.25) is 5.95 Å². The molecule has 2 aromatic carbocycles. The number of halogens is 1. The molecule has 0 saturated heterocycles. The fourth-order valence-corrected chi connectivity index (χ4v) is 3.39. The molecular weight excluding hydrogens is 395 g/mol. The number of hydrogen-bond donors (Lipinski definition) is 2. The minimum absolute atomic E-state index is 0.294. The van der Waals surface area contributed by atoms with Crippen molar-refractivity contribution in [1.82, 2.24) is 25.1 Å². The first-order valence-corrected chi connectivity index (χ1v) is 9.54. The fraction of sp³-hybridized carbons (Fsp3) is 0.0435. The topological polar surface area (TPSA) is 88.6 Å². The van der Waals surface area contributed by atoms with Gasteiger partial charge in [-0.25, -0.2) is 19.3 Å². The molecule has 0 aliphatic carbocycles. The van der Waals surface area contributed by atoms with Crippen molar-refractivity contribution in [1.29, 1.82) is 0 Å². The Morgan fingerprint density at radius 2 is 1.77 bits per heavy atom. The molecule has 0 aliphatic rings. The van der Waals surface area contributed by atoms with Crippen LogP contribution in [0.5, 0.6) is 5.75 Å². The van der Waals surface area contributed by atoms with E-state index >= 15 is 0 Å². The Morgan fingerprint density at radius 1 is 0.935 bits per heavy atom. The molecule has 7 nitrogen and oxygen atoms in total. The number of aromatic nitrogens is 5. The van der Waals surface area contributed by atoms with Gasteiger partial charge in [0.1, 0.15) is 17.3 Å². The largest absolute Gasteiger partial charge is 0.496 e. The molecule has 0 bridgehead atoms. The third-order valence-corrected chi connectivity index (χ3v) is 4.89. The molecule has 3 heterocycles. The van der Waals surface area contributed by atoms with Crippen LogP contribution in [0.1, 0.15) is 0 Å². The van der Waals surface area contributed by atoms with Crippen molar-refractivity contribution in [2.75, 3.05) is 12.4 Å². The summed E-state index contributed by atoms with van der Waals surface area (Å²) in [6, 6.07) is 16.2. The molecule has 0 aliphatic heterocycles. The summed E-state index contributed by atoms with van der Waals surface area (Å²) in [6.07, 6.45) is 4.87. The number of anilines is 2. The number of aromatic amines is 1. The molecule has 152 valence electrons. The Balaban J connectivity index is 1.53. The summed E-state index contributed by atoms with van der Waals surface area (Å²) < 4.78 is 20.2. The minimum Gasteiger partial charge on any atom is -0.496 e. The number of pyridine rings is 1. The van der Waals surface area contributed by atoms with Gasteiger partial charge in [0.15, 0.2) is 5.65 Å². The number of hydrogen-bond acceptors (Lipinski definition) is 6. The number of fused-ring (bicyclic) bond motifs is 1. The predicted octanol–water partition coefficient (Wildman–Crippen LogP) is 4.97. The Morgan fingerprint density at radius 3 is 2.58 bits per heavy atom. The molecule has 0 amide bonds. The quantitative estimate of drug-likeness (QED) is 0.424. The van der Waals surface area contributed by atoms with E-state index in [2.05, 4.69) is 30.5 Å². The lowest BCUT2D eigenvalue weighted by Gasteiger charge is -2.09. The lowest BCUT2D eigenvalue weighted by Crippen LogP contribution is -1.98. The molecule has 0 unspecified atom stereocenters. The third kappa shape index (κ3) is 3.55. The van der Waals surface area contributed by atoms with Gasteiger partial charge < -0.3 is 10.1 Å². The molecule has 0 saturated carbocycles. The molecule has 2 N–H and O–H groups in total. The van der Waals surface area contributed by atoms with Crippen LogP contribution in [0.15, 0.2) is 73.2 Å². The normalized spacial score (nSPS) is 10.9. The van der Waals surface area contributed by atoms with Crippen molar-refractivity contribution < 1.29 is 9.13 Å². The first-order chi connectivity index (χ1) is 15.2. The van der Waals surface area contributed by atoms with Crippen LogP contribution in [0.25, 0.3) is 33.4 Å². The zero-order valence-electron chi connectivity index (χ0n) is 16.5. The van der Waals surface area contributed by atoms with Gasteiger partial charge in [-0.1, -0.05) is 18.2 Å². The fourth-order valence-electron chi connectivity index (χ4n) is 3.39. The Labute approximate surface area is 177 Å². The number of para-hydroxylation sites is 1. The molecule has 5 aromatic rings. The van der Waals surface area contributed by atoms with E-state index in [1.165, 1.54) is 6.07 Å². The lowest BCUT2D eigenvalue weighted by molar-refractivity contribution is 0.416. The summed E-state index contributed by atoms with van der Waals surface area (Å²) in [4.78, 5) is 12.6. The first-order valence-electron chi connectivity index (χ1n) is 9.54. The van der Waals surface area contributed by atoms with Crippen molar-refractivity contribution in [3.63, 3.8) is 0 Å². The van der Waals surface area contributed by atoms with E-state index in [4.69, 9.17) is 4.74 Å².